The molecule has 0 saturated heterocycles. The maximum absolute atomic E-state index is 12.6. The van der Waals surface area contributed by atoms with Crippen LogP contribution in [0.1, 0.15) is 27.7 Å². The van der Waals surface area contributed by atoms with Crippen molar-refractivity contribution in [3.05, 3.63) is 0 Å². The minimum absolute atomic E-state index is 0.182. The second kappa shape index (κ2) is 6.44. The molecule has 0 aromatic heterocycles. The lowest BCUT2D eigenvalue weighted by molar-refractivity contribution is -0.870. The number of nitrogens with zero attached hydrogens (tertiary/aromatic N) is 1. The van der Waals surface area contributed by atoms with Crippen LogP contribution < -0.4 is 0 Å². The van der Waals surface area contributed by atoms with Crippen LogP contribution in [0.15, 0.2) is 0 Å². The molecule has 0 atom stereocenters. The van der Waals surface area contributed by atoms with Crippen LogP contribution in [0.5, 0.6) is 0 Å². The molecule has 16 heavy (non-hydrogen) atoms. The van der Waals surface area contributed by atoms with Crippen molar-refractivity contribution in [2.75, 3.05) is 34.3 Å². The molecule has 0 heterocycles. The van der Waals surface area contributed by atoms with E-state index in [0.717, 1.165) is 11.0 Å². The molecule has 0 aliphatic carbocycles. The molecule has 0 radical (unpaired) electrons. The molecule has 0 N–H and O–H groups in total. The normalized spacial score (nSPS) is 13.8. The molecule has 0 rings (SSSR count). The fourth-order valence-electron chi connectivity index (χ4n) is 1.20. The Balaban J connectivity index is 4.12. The minimum atomic E-state index is -2.26. The summed E-state index contributed by atoms with van der Waals surface area (Å²) in [4.78, 5) is 0. The highest BCUT2D eigenvalue weighted by atomic mass is 32.7. The second-order valence-corrected chi connectivity index (χ2v) is 11.6. The van der Waals surface area contributed by atoms with Crippen LogP contribution in [0.25, 0.3) is 0 Å². The summed E-state index contributed by atoms with van der Waals surface area (Å²) in [5.74, 6) is 0. The average molecular weight is 268 g/mol. The zero-order chi connectivity index (χ0) is 13.0. The Labute approximate surface area is 105 Å². The molecule has 0 fully saturated rings. The maximum atomic E-state index is 12.6. The van der Waals surface area contributed by atoms with E-state index in [-0.39, 0.29) is 11.3 Å². The predicted octanol–water partition coefficient (Wildman–Crippen LogP) is 3.45. The van der Waals surface area contributed by atoms with E-state index in [2.05, 4.69) is 21.1 Å². The Morgan fingerprint density at radius 3 is 1.88 bits per heavy atom. The van der Waals surface area contributed by atoms with Crippen LogP contribution in [-0.4, -0.2) is 50.1 Å². The molecule has 0 aromatic carbocycles. The van der Waals surface area contributed by atoms with Gasteiger partial charge in [-0.05, 0) is 0 Å². The van der Waals surface area contributed by atoms with Gasteiger partial charge in [0.15, 0.2) is 6.34 Å². The summed E-state index contributed by atoms with van der Waals surface area (Å²) in [6, 6.07) is 0. The van der Waals surface area contributed by atoms with Crippen molar-refractivity contribution < 1.29 is 13.2 Å². The highest BCUT2D eigenvalue weighted by Crippen LogP contribution is 2.66. The van der Waals surface area contributed by atoms with Gasteiger partial charge in [0.2, 0.25) is 0 Å². The molecular weight excluding hydrogens is 241 g/mol. The topological polar surface area (TPSA) is 26.3 Å². The SMILES string of the molecule is CC(C)P(=O)(SOCC[N+](C)(C)C)C(C)C. The van der Waals surface area contributed by atoms with Crippen molar-refractivity contribution in [1.29, 1.82) is 0 Å². The fourth-order valence-corrected chi connectivity index (χ4v) is 4.80. The van der Waals surface area contributed by atoms with Gasteiger partial charge in [0.1, 0.15) is 13.2 Å². The highest BCUT2D eigenvalue weighted by molar-refractivity contribution is 8.56. The van der Waals surface area contributed by atoms with Crippen molar-refractivity contribution in [1.82, 2.24) is 0 Å². The lowest BCUT2D eigenvalue weighted by Crippen LogP contribution is -2.37. The summed E-state index contributed by atoms with van der Waals surface area (Å²) >= 11 is 1.23. The molecule has 0 unspecified atom stereocenters. The average Bonchev–Trinajstić information content (AvgIpc) is 2.09. The Morgan fingerprint density at radius 1 is 1.12 bits per heavy atom. The van der Waals surface area contributed by atoms with E-state index in [1.54, 1.807) is 0 Å². The van der Waals surface area contributed by atoms with Crippen LogP contribution in [-0.2, 0) is 8.75 Å². The predicted molar refractivity (Wildman–Crippen MR) is 74.3 cm³/mol. The third kappa shape index (κ3) is 5.72. The van der Waals surface area contributed by atoms with E-state index in [1.807, 2.05) is 27.7 Å². The number of likely N-dealkylation sites (N-methyl/N-ethyl adjacent to an activating group) is 1. The zero-order valence-electron chi connectivity index (χ0n) is 11.7. The third-order valence-corrected chi connectivity index (χ3v) is 9.38. The molecule has 3 nitrogen and oxygen atoms in total. The van der Waals surface area contributed by atoms with E-state index in [4.69, 9.17) is 4.18 Å². The molecule has 98 valence electrons. The van der Waals surface area contributed by atoms with Gasteiger partial charge in [-0.1, -0.05) is 27.7 Å². The maximum Gasteiger partial charge on any atom is 0.169 e. The van der Waals surface area contributed by atoms with Crippen molar-refractivity contribution in [2.24, 2.45) is 0 Å². The van der Waals surface area contributed by atoms with Gasteiger partial charge in [0.25, 0.3) is 0 Å². The van der Waals surface area contributed by atoms with Crippen LogP contribution in [0.2, 0.25) is 0 Å². The van der Waals surface area contributed by atoms with E-state index >= 15 is 0 Å². The molecule has 0 bridgehead atoms. The number of rotatable bonds is 7. The van der Waals surface area contributed by atoms with Gasteiger partial charge >= 0.3 is 0 Å². The lowest BCUT2D eigenvalue weighted by Gasteiger charge is -2.26. The number of hydrogen-bond donors (Lipinski definition) is 0. The summed E-state index contributed by atoms with van der Waals surface area (Å²) in [6.07, 6.45) is -2.26. The lowest BCUT2D eigenvalue weighted by atomic mass is 10.5. The molecule has 0 spiro atoms. The molecule has 0 aromatic rings. The minimum Gasteiger partial charge on any atom is -0.329 e. The van der Waals surface area contributed by atoms with Gasteiger partial charge in [-0.15, -0.1) is 0 Å². The van der Waals surface area contributed by atoms with E-state index in [0.29, 0.717) is 6.61 Å². The Hall–Kier alpha value is 0.500. The molecule has 5 heteroatoms. The highest BCUT2D eigenvalue weighted by Gasteiger charge is 2.32. The monoisotopic (exact) mass is 268 g/mol. The zero-order valence-corrected chi connectivity index (χ0v) is 13.4. The summed E-state index contributed by atoms with van der Waals surface area (Å²) in [5.41, 5.74) is 0.364. The summed E-state index contributed by atoms with van der Waals surface area (Å²) < 4.78 is 19.0. The van der Waals surface area contributed by atoms with Crippen LogP contribution in [0, 0.1) is 0 Å². The van der Waals surface area contributed by atoms with Gasteiger partial charge in [-0.2, -0.15) is 0 Å². The first kappa shape index (κ1) is 16.5. The first-order chi connectivity index (χ1) is 7.09. The first-order valence-corrected chi connectivity index (χ1v) is 9.00. The molecule has 0 saturated carbocycles. The van der Waals surface area contributed by atoms with Gasteiger partial charge in [-0.3, -0.25) is 0 Å². The molecular formula is C11H27NO2PS+. The van der Waals surface area contributed by atoms with E-state index < -0.39 is 6.34 Å². The third-order valence-electron chi connectivity index (χ3n) is 2.45. The van der Waals surface area contributed by atoms with Crippen molar-refractivity contribution >= 4 is 18.0 Å². The van der Waals surface area contributed by atoms with Crippen molar-refractivity contribution in [3.8, 4) is 0 Å². The van der Waals surface area contributed by atoms with Crippen LogP contribution in [0.4, 0.5) is 0 Å². The first-order valence-electron chi connectivity index (χ1n) is 5.80. The number of hydrogen-bond acceptors (Lipinski definition) is 3. The van der Waals surface area contributed by atoms with Crippen molar-refractivity contribution in [3.63, 3.8) is 0 Å². The van der Waals surface area contributed by atoms with Gasteiger partial charge in [0.05, 0.1) is 32.8 Å². The Bertz CT molecular complexity index is 237. The van der Waals surface area contributed by atoms with Gasteiger partial charge in [0, 0.05) is 11.3 Å². The number of quaternary nitrogens is 1. The van der Waals surface area contributed by atoms with E-state index in [1.165, 1.54) is 11.7 Å². The smallest absolute Gasteiger partial charge is 0.169 e. The molecule has 0 aliphatic rings. The standard InChI is InChI=1S/C11H27NO2PS/c1-10(2)15(13,11(3)4)16-14-9-8-12(5,6)7/h10-11H,8-9H2,1-7H3/q+1. The quantitative estimate of drug-likeness (QED) is 0.306. The van der Waals surface area contributed by atoms with Crippen molar-refractivity contribution in [2.45, 2.75) is 39.0 Å². The Kier molecular flexibility index (Phi) is 6.64. The summed E-state index contributed by atoms with van der Waals surface area (Å²) in [7, 11) is 6.37. The Morgan fingerprint density at radius 2 is 1.56 bits per heavy atom. The largest absolute Gasteiger partial charge is 0.329 e. The summed E-state index contributed by atoms with van der Waals surface area (Å²) in [5, 5.41) is 0. The van der Waals surface area contributed by atoms with Crippen LogP contribution in [0.3, 0.4) is 0 Å². The fraction of sp³-hybridized carbons (Fsp3) is 1.00. The summed E-state index contributed by atoms with van der Waals surface area (Å²) in [6.45, 7) is 9.63. The second-order valence-electron chi connectivity index (χ2n) is 5.74. The van der Waals surface area contributed by atoms with Crippen LogP contribution >= 0.6 is 18.0 Å². The van der Waals surface area contributed by atoms with Gasteiger partial charge < -0.3 is 13.2 Å². The molecule has 0 amide bonds. The van der Waals surface area contributed by atoms with E-state index in [9.17, 15) is 4.57 Å². The molecule has 0 aliphatic heterocycles. The van der Waals surface area contributed by atoms with Gasteiger partial charge in [-0.25, -0.2) is 0 Å².